The van der Waals surface area contributed by atoms with E-state index < -0.39 is 0 Å². The number of halogens is 2. The van der Waals surface area contributed by atoms with Crippen molar-refractivity contribution in [3.63, 3.8) is 0 Å². The molecule has 0 atom stereocenters. The molecule has 0 aliphatic carbocycles. The van der Waals surface area contributed by atoms with Crippen molar-refractivity contribution in [2.45, 2.75) is 0 Å². The molecule has 0 saturated heterocycles. The van der Waals surface area contributed by atoms with Crippen LogP contribution < -0.4 is 0 Å². The third-order valence-electron chi connectivity index (χ3n) is 1.01. The summed E-state index contributed by atoms with van der Waals surface area (Å²) in [4.78, 5) is 3.96. The van der Waals surface area contributed by atoms with E-state index in [0.29, 0.717) is 20.3 Å². The highest BCUT2D eigenvalue weighted by molar-refractivity contribution is 9.11. The number of rotatable bonds is 0. The summed E-state index contributed by atoms with van der Waals surface area (Å²) in [5.74, 6) is 0. The van der Waals surface area contributed by atoms with Gasteiger partial charge in [-0.25, -0.2) is 4.98 Å². The van der Waals surface area contributed by atoms with Gasteiger partial charge in [0, 0.05) is 6.92 Å². The summed E-state index contributed by atoms with van der Waals surface area (Å²) in [6, 6.07) is 1.65. The van der Waals surface area contributed by atoms with Crippen molar-refractivity contribution in [2.75, 3.05) is 0 Å². The van der Waals surface area contributed by atoms with Crippen LogP contribution in [0.2, 0.25) is 0 Å². The molecule has 0 unspecified atom stereocenters. The molecule has 0 aromatic carbocycles. The summed E-state index contributed by atoms with van der Waals surface area (Å²) < 4.78 is 1.24. The molecular weight excluding hydrogens is 258 g/mol. The molecule has 0 spiro atoms. The average molecular weight is 261 g/mol. The van der Waals surface area contributed by atoms with Crippen LogP contribution in [-0.4, -0.2) is 4.98 Å². The maximum atomic E-state index is 5.50. The minimum absolute atomic E-state index is 0.475. The second kappa shape index (κ2) is 3.01. The van der Waals surface area contributed by atoms with E-state index in [0.717, 1.165) is 0 Å². The smallest absolute Gasteiger partial charge is 0.111 e. The van der Waals surface area contributed by atoms with E-state index in [-0.39, 0.29) is 0 Å². The predicted octanol–water partition coefficient (Wildman–Crippen LogP) is 2.72. The molecule has 1 heterocycles. The van der Waals surface area contributed by atoms with Gasteiger partial charge in [0.15, 0.2) is 0 Å². The number of hydrogen-bond donors (Lipinski definition) is 0. The Balaban J connectivity index is 3.31. The van der Waals surface area contributed by atoms with Crippen molar-refractivity contribution in [3.05, 3.63) is 40.2 Å². The van der Waals surface area contributed by atoms with Gasteiger partial charge in [-0.05, 0) is 56.0 Å². The molecular formula is C7H3Br2N. The van der Waals surface area contributed by atoms with E-state index >= 15 is 0 Å². The topological polar surface area (TPSA) is 12.9 Å². The Labute approximate surface area is 77.1 Å². The van der Waals surface area contributed by atoms with Crippen LogP contribution in [0.15, 0.2) is 15.3 Å². The van der Waals surface area contributed by atoms with E-state index in [1.165, 1.54) is 0 Å². The van der Waals surface area contributed by atoms with Crippen molar-refractivity contribution < 1.29 is 0 Å². The molecule has 0 bridgehead atoms. The normalized spacial score (nSPS) is 10.0. The fourth-order valence-corrected chi connectivity index (χ4v) is 1.59. The summed E-state index contributed by atoms with van der Waals surface area (Å²) in [6.07, 6.45) is 0. The predicted molar refractivity (Wildman–Crippen MR) is 46.4 cm³/mol. The molecule has 3 heteroatoms. The lowest BCUT2D eigenvalue weighted by molar-refractivity contribution is 1.19. The zero-order valence-corrected chi connectivity index (χ0v) is 8.11. The molecule has 1 aromatic rings. The van der Waals surface area contributed by atoms with Crippen LogP contribution in [0.25, 0.3) is 0 Å². The number of hydrogen-bond acceptors (Lipinski definition) is 1. The zero-order valence-electron chi connectivity index (χ0n) is 4.94. The highest BCUT2D eigenvalue weighted by Gasteiger charge is 2.00. The third-order valence-corrected chi connectivity index (χ3v) is 2.02. The second-order valence-corrected chi connectivity index (χ2v) is 3.30. The van der Waals surface area contributed by atoms with Crippen LogP contribution in [0.1, 0.15) is 11.1 Å². The summed E-state index contributed by atoms with van der Waals surface area (Å²) in [6.45, 7) is 11.0. The van der Waals surface area contributed by atoms with Gasteiger partial charge >= 0.3 is 0 Å². The van der Waals surface area contributed by atoms with Crippen LogP contribution in [0.3, 0.4) is 0 Å². The molecule has 0 amide bonds. The maximum Gasteiger partial charge on any atom is 0.111 e. The minimum Gasteiger partial charge on any atom is -0.234 e. The summed E-state index contributed by atoms with van der Waals surface area (Å²) in [5, 5.41) is 0. The highest BCUT2D eigenvalue weighted by Crippen LogP contribution is 2.20. The number of pyridine rings is 1. The van der Waals surface area contributed by atoms with Crippen LogP contribution in [-0.2, 0) is 0 Å². The van der Waals surface area contributed by atoms with Gasteiger partial charge in [0.2, 0.25) is 0 Å². The first-order valence-electron chi connectivity index (χ1n) is 2.48. The summed E-state index contributed by atoms with van der Waals surface area (Å²) in [7, 11) is 0. The van der Waals surface area contributed by atoms with E-state index in [1.54, 1.807) is 6.07 Å². The Bertz CT molecular complexity index is 235. The molecule has 1 aromatic heterocycles. The van der Waals surface area contributed by atoms with Gasteiger partial charge < -0.3 is 0 Å². The van der Waals surface area contributed by atoms with Gasteiger partial charge in [-0.2, -0.15) is 0 Å². The SMILES string of the molecule is [CH]c1cc(Br)nc(Br)c1[CH]. The Morgan fingerprint density at radius 3 is 2.40 bits per heavy atom. The molecule has 4 radical (unpaired) electrons. The first kappa shape index (κ1) is 8.21. The quantitative estimate of drug-likeness (QED) is 0.654. The van der Waals surface area contributed by atoms with Gasteiger partial charge in [0.25, 0.3) is 0 Å². The molecule has 0 N–H and O–H groups in total. The van der Waals surface area contributed by atoms with E-state index in [1.807, 2.05) is 0 Å². The lowest BCUT2D eigenvalue weighted by Gasteiger charge is -2.00. The van der Waals surface area contributed by atoms with Crippen molar-refractivity contribution in [2.24, 2.45) is 0 Å². The molecule has 0 aliphatic rings. The molecule has 50 valence electrons. The van der Waals surface area contributed by atoms with Crippen LogP contribution in [0, 0.1) is 13.8 Å². The van der Waals surface area contributed by atoms with Crippen molar-refractivity contribution in [1.29, 1.82) is 0 Å². The molecule has 1 nitrogen and oxygen atoms in total. The number of aromatic nitrogens is 1. The third kappa shape index (κ3) is 1.58. The van der Waals surface area contributed by atoms with Crippen LogP contribution in [0.5, 0.6) is 0 Å². The van der Waals surface area contributed by atoms with E-state index in [2.05, 4.69) is 36.8 Å². The van der Waals surface area contributed by atoms with Crippen molar-refractivity contribution in [3.8, 4) is 0 Å². The zero-order chi connectivity index (χ0) is 7.72. The van der Waals surface area contributed by atoms with Gasteiger partial charge in [-0.15, -0.1) is 0 Å². The molecule has 0 fully saturated rings. The fourth-order valence-electron chi connectivity index (χ4n) is 0.511. The average Bonchev–Trinajstić information content (AvgIpc) is 1.82. The van der Waals surface area contributed by atoms with Crippen LogP contribution >= 0.6 is 31.9 Å². The molecule has 10 heavy (non-hydrogen) atoms. The lowest BCUT2D eigenvalue weighted by atomic mass is 10.2. The van der Waals surface area contributed by atoms with Gasteiger partial charge in [0.1, 0.15) is 9.21 Å². The van der Waals surface area contributed by atoms with Crippen LogP contribution in [0.4, 0.5) is 0 Å². The first-order valence-corrected chi connectivity index (χ1v) is 4.07. The lowest BCUT2D eigenvalue weighted by Crippen LogP contribution is -1.86. The Kier molecular flexibility index (Phi) is 2.47. The minimum atomic E-state index is 0.475. The Morgan fingerprint density at radius 2 is 1.90 bits per heavy atom. The van der Waals surface area contributed by atoms with Gasteiger partial charge in [0.05, 0.1) is 0 Å². The van der Waals surface area contributed by atoms with Crippen molar-refractivity contribution >= 4 is 31.9 Å². The standard InChI is InChI=1S/C7H3Br2N/c1-4-3-6(8)10-7(9)5(4)2/h1-3H. The Morgan fingerprint density at radius 1 is 1.30 bits per heavy atom. The monoisotopic (exact) mass is 259 g/mol. The molecule has 0 saturated carbocycles. The first-order chi connectivity index (χ1) is 4.61. The maximum absolute atomic E-state index is 5.50. The van der Waals surface area contributed by atoms with E-state index in [9.17, 15) is 0 Å². The fraction of sp³-hybridized carbons (Fsp3) is 0. The highest BCUT2D eigenvalue weighted by atomic mass is 79.9. The van der Waals surface area contributed by atoms with Gasteiger partial charge in [-0.1, -0.05) is 0 Å². The van der Waals surface area contributed by atoms with Gasteiger partial charge in [-0.3, -0.25) is 0 Å². The largest absolute Gasteiger partial charge is 0.234 e. The number of nitrogens with zero attached hydrogens (tertiary/aromatic N) is 1. The summed E-state index contributed by atoms with van der Waals surface area (Å²) in [5.41, 5.74) is 0.997. The summed E-state index contributed by atoms with van der Waals surface area (Å²) >= 11 is 6.32. The Hall–Kier alpha value is 0.110. The molecule has 1 rings (SSSR count). The van der Waals surface area contributed by atoms with E-state index in [4.69, 9.17) is 13.8 Å². The molecule has 0 aliphatic heterocycles. The second-order valence-electron chi connectivity index (χ2n) is 1.74. The van der Waals surface area contributed by atoms with Crippen molar-refractivity contribution in [1.82, 2.24) is 4.98 Å².